The van der Waals surface area contributed by atoms with Crippen molar-refractivity contribution in [1.82, 2.24) is 14.8 Å². The van der Waals surface area contributed by atoms with Gasteiger partial charge in [-0.25, -0.2) is 0 Å². The van der Waals surface area contributed by atoms with E-state index in [1.54, 1.807) is 24.0 Å². The number of rotatable bonds is 3. The number of fused-ring (bicyclic) bond motifs is 1. The van der Waals surface area contributed by atoms with Crippen LogP contribution in [0.5, 0.6) is 0 Å². The molecule has 0 unspecified atom stereocenters. The first-order valence-electron chi connectivity index (χ1n) is 6.27. The Bertz CT molecular complexity index is 818. The van der Waals surface area contributed by atoms with Crippen LogP contribution in [0.4, 0.5) is 11.6 Å². The lowest BCUT2D eigenvalue weighted by Crippen LogP contribution is -2.11. The minimum atomic E-state index is -0.107. The van der Waals surface area contributed by atoms with Crippen molar-refractivity contribution >= 4 is 22.4 Å². The summed E-state index contributed by atoms with van der Waals surface area (Å²) in [6.45, 7) is 0.508. The lowest BCUT2D eigenvalue weighted by atomic mass is 10.2. The number of aromatic nitrogens is 3. The zero-order valence-corrected chi connectivity index (χ0v) is 11.1. The number of hydrogen-bond donors (Lipinski definition) is 3. The van der Waals surface area contributed by atoms with E-state index in [1.165, 1.54) is 0 Å². The number of nitrogen functional groups attached to an aromatic ring is 1. The molecular weight excluding hydrogens is 254 g/mol. The van der Waals surface area contributed by atoms with Gasteiger partial charge in [0, 0.05) is 24.5 Å². The van der Waals surface area contributed by atoms with Crippen molar-refractivity contribution < 1.29 is 0 Å². The average Bonchev–Trinajstić information content (AvgIpc) is 2.77. The minimum absolute atomic E-state index is 0.107. The molecule has 3 rings (SSSR count). The highest BCUT2D eigenvalue weighted by Crippen LogP contribution is 2.15. The molecule has 0 saturated carbocycles. The van der Waals surface area contributed by atoms with Gasteiger partial charge in [0.2, 0.25) is 0 Å². The fourth-order valence-electron chi connectivity index (χ4n) is 2.13. The van der Waals surface area contributed by atoms with Crippen LogP contribution in [0.3, 0.4) is 0 Å². The lowest BCUT2D eigenvalue weighted by molar-refractivity contribution is 0.778. The van der Waals surface area contributed by atoms with Crippen LogP contribution in [0.1, 0.15) is 5.56 Å². The molecule has 0 aliphatic carbocycles. The van der Waals surface area contributed by atoms with Gasteiger partial charge in [-0.05, 0) is 17.5 Å². The molecule has 1 aromatic carbocycles. The molecule has 20 heavy (non-hydrogen) atoms. The maximum absolute atomic E-state index is 11.9. The smallest absolute Gasteiger partial charge is 0.257 e. The Morgan fingerprint density at radius 2 is 2.20 bits per heavy atom. The van der Waals surface area contributed by atoms with Gasteiger partial charge in [-0.15, -0.1) is 0 Å². The van der Waals surface area contributed by atoms with E-state index in [2.05, 4.69) is 15.4 Å². The van der Waals surface area contributed by atoms with E-state index in [-0.39, 0.29) is 5.56 Å². The minimum Gasteiger partial charge on any atom is -0.384 e. The van der Waals surface area contributed by atoms with Crippen LogP contribution in [0.2, 0.25) is 0 Å². The summed E-state index contributed by atoms with van der Waals surface area (Å²) in [5.74, 6) is 1.28. The highest BCUT2D eigenvalue weighted by Gasteiger charge is 2.05. The van der Waals surface area contributed by atoms with Crippen LogP contribution < -0.4 is 16.6 Å². The van der Waals surface area contributed by atoms with Gasteiger partial charge in [0.25, 0.3) is 5.56 Å². The standard InChI is InChI=1S/C14H15N5O/c1-19-13(15)10(8-17-19)7-16-12-6-9-4-2-3-5-11(9)14(20)18-12/h2-6,8H,7,15H2,1H3,(H2,16,18,20). The lowest BCUT2D eigenvalue weighted by Gasteiger charge is -2.07. The summed E-state index contributed by atoms with van der Waals surface area (Å²) in [7, 11) is 1.79. The molecule has 6 heteroatoms. The fraction of sp³-hybridized carbons (Fsp3) is 0.143. The second kappa shape index (κ2) is 4.73. The third-order valence-electron chi connectivity index (χ3n) is 3.29. The summed E-state index contributed by atoms with van der Waals surface area (Å²) < 4.78 is 1.61. The second-order valence-electron chi connectivity index (χ2n) is 4.63. The molecule has 0 radical (unpaired) electrons. The molecule has 0 aliphatic rings. The van der Waals surface area contributed by atoms with Gasteiger partial charge < -0.3 is 16.0 Å². The van der Waals surface area contributed by atoms with Crippen molar-refractivity contribution in [1.29, 1.82) is 0 Å². The monoisotopic (exact) mass is 269 g/mol. The molecule has 4 N–H and O–H groups in total. The Morgan fingerprint density at radius 1 is 1.40 bits per heavy atom. The topological polar surface area (TPSA) is 88.7 Å². The Kier molecular flexibility index (Phi) is 2.90. The molecule has 102 valence electrons. The Balaban J connectivity index is 1.88. The first kappa shape index (κ1) is 12.3. The molecule has 0 aliphatic heterocycles. The molecule has 2 aromatic heterocycles. The summed E-state index contributed by atoms with van der Waals surface area (Å²) in [4.78, 5) is 14.8. The van der Waals surface area contributed by atoms with Crippen molar-refractivity contribution in [2.45, 2.75) is 6.54 Å². The van der Waals surface area contributed by atoms with Crippen molar-refractivity contribution in [2.75, 3.05) is 11.1 Å². The van der Waals surface area contributed by atoms with Crippen LogP contribution in [-0.2, 0) is 13.6 Å². The first-order chi connectivity index (χ1) is 9.65. The van der Waals surface area contributed by atoms with Crippen molar-refractivity contribution in [2.24, 2.45) is 7.05 Å². The molecule has 2 heterocycles. The predicted octanol–water partition coefficient (Wildman–Crippen LogP) is 1.46. The Labute approximate surface area is 115 Å². The zero-order chi connectivity index (χ0) is 14.1. The number of aryl methyl sites for hydroxylation is 1. The van der Waals surface area contributed by atoms with Gasteiger partial charge >= 0.3 is 0 Å². The van der Waals surface area contributed by atoms with E-state index in [9.17, 15) is 4.79 Å². The van der Waals surface area contributed by atoms with E-state index in [4.69, 9.17) is 5.73 Å². The number of nitrogens with one attached hydrogen (secondary N) is 2. The van der Waals surface area contributed by atoms with Gasteiger partial charge in [-0.2, -0.15) is 5.10 Å². The number of pyridine rings is 1. The first-order valence-corrected chi connectivity index (χ1v) is 6.27. The number of benzene rings is 1. The third kappa shape index (κ3) is 2.11. The molecule has 6 nitrogen and oxygen atoms in total. The second-order valence-corrected chi connectivity index (χ2v) is 4.63. The van der Waals surface area contributed by atoms with Crippen LogP contribution in [0.25, 0.3) is 10.8 Å². The number of nitrogens with zero attached hydrogens (tertiary/aromatic N) is 2. The van der Waals surface area contributed by atoms with Crippen LogP contribution in [0.15, 0.2) is 41.3 Å². The number of hydrogen-bond acceptors (Lipinski definition) is 4. The molecule has 3 aromatic rings. The van der Waals surface area contributed by atoms with Gasteiger partial charge in [-0.3, -0.25) is 9.48 Å². The van der Waals surface area contributed by atoms with E-state index >= 15 is 0 Å². The molecule has 0 saturated heterocycles. The molecular formula is C14H15N5O. The van der Waals surface area contributed by atoms with E-state index < -0.39 is 0 Å². The highest BCUT2D eigenvalue weighted by atomic mass is 16.1. The summed E-state index contributed by atoms with van der Waals surface area (Å²) in [5, 5.41) is 8.82. The highest BCUT2D eigenvalue weighted by molar-refractivity contribution is 5.83. The number of nitrogens with two attached hydrogens (primary N) is 1. The van der Waals surface area contributed by atoms with Gasteiger partial charge in [0.15, 0.2) is 0 Å². The maximum Gasteiger partial charge on any atom is 0.257 e. The largest absolute Gasteiger partial charge is 0.384 e. The average molecular weight is 269 g/mol. The van der Waals surface area contributed by atoms with Gasteiger partial charge in [0.05, 0.1) is 6.20 Å². The summed E-state index contributed by atoms with van der Waals surface area (Å²) in [6, 6.07) is 9.38. The van der Waals surface area contributed by atoms with Gasteiger partial charge in [-0.1, -0.05) is 18.2 Å². The van der Waals surface area contributed by atoms with Crippen LogP contribution in [-0.4, -0.2) is 14.8 Å². The summed E-state index contributed by atoms with van der Waals surface area (Å²) in [6.07, 6.45) is 1.71. The quantitative estimate of drug-likeness (QED) is 0.671. The zero-order valence-electron chi connectivity index (χ0n) is 11.1. The Morgan fingerprint density at radius 3 is 2.95 bits per heavy atom. The predicted molar refractivity (Wildman–Crippen MR) is 79.5 cm³/mol. The normalized spacial score (nSPS) is 10.8. The van der Waals surface area contributed by atoms with E-state index in [1.807, 2.05) is 24.3 Å². The fourth-order valence-corrected chi connectivity index (χ4v) is 2.13. The van der Waals surface area contributed by atoms with E-state index in [0.29, 0.717) is 23.6 Å². The third-order valence-corrected chi connectivity index (χ3v) is 3.29. The molecule has 0 fully saturated rings. The summed E-state index contributed by atoms with van der Waals surface area (Å²) in [5.41, 5.74) is 6.66. The molecule has 0 amide bonds. The number of anilines is 2. The molecule has 0 bridgehead atoms. The Hall–Kier alpha value is -2.76. The van der Waals surface area contributed by atoms with Crippen molar-refractivity contribution in [3.8, 4) is 0 Å². The van der Waals surface area contributed by atoms with E-state index in [0.717, 1.165) is 10.9 Å². The SMILES string of the molecule is Cn1ncc(CNc2cc3ccccc3c(=O)[nH]2)c1N. The molecule has 0 atom stereocenters. The maximum atomic E-state index is 11.9. The van der Waals surface area contributed by atoms with Crippen LogP contribution >= 0.6 is 0 Å². The van der Waals surface area contributed by atoms with Crippen molar-refractivity contribution in [3.63, 3.8) is 0 Å². The van der Waals surface area contributed by atoms with Crippen LogP contribution in [0, 0.1) is 0 Å². The number of aromatic amines is 1. The summed E-state index contributed by atoms with van der Waals surface area (Å²) >= 11 is 0. The van der Waals surface area contributed by atoms with Crippen molar-refractivity contribution in [3.05, 3.63) is 52.4 Å². The molecule has 0 spiro atoms. The number of H-pyrrole nitrogens is 1. The van der Waals surface area contributed by atoms with Gasteiger partial charge in [0.1, 0.15) is 11.6 Å².